The quantitative estimate of drug-likeness (QED) is 0.233. The summed E-state index contributed by atoms with van der Waals surface area (Å²) in [6.45, 7) is -0.206. The van der Waals surface area contributed by atoms with Crippen LogP contribution in [0.25, 0.3) is 33.0 Å². The maximum absolute atomic E-state index is 13.4. The summed E-state index contributed by atoms with van der Waals surface area (Å²) in [6, 6.07) is 3.24. The Kier molecular flexibility index (Phi) is 4.95. The number of hydrogen-bond acceptors (Lipinski definition) is 8. The Bertz CT molecular complexity index is 1640. The van der Waals surface area contributed by atoms with Crippen molar-refractivity contribution in [2.24, 2.45) is 7.05 Å². The van der Waals surface area contributed by atoms with Gasteiger partial charge in [0.15, 0.2) is 28.4 Å². The molecule has 5 N–H and O–H groups in total. The Labute approximate surface area is 184 Å². The number of aryl methyl sites for hydroxylation is 1. The summed E-state index contributed by atoms with van der Waals surface area (Å²) >= 11 is 0. The SMILES string of the molecule is C#CCNC(=O)c1c(O)c(O)cc2occ(-c3cn(C)c4cc(O)c(O)cc4c3=O)c(=O)c12. The molecule has 10 heteroatoms. The standard InChI is InChI=1S/C23H16N2O8/c1-3-4-24-23(32)19-18-17(7-16(28)22(19)31)33-9-12(21(18)30)11-8-25(2)13-6-15(27)14(26)5-10(13)20(11)29/h1,5-9,26-28,31H,4H2,2H3,(H,24,32). The number of fused-ring (bicyclic) bond motifs is 2. The summed E-state index contributed by atoms with van der Waals surface area (Å²) in [5, 5.41) is 41.8. The van der Waals surface area contributed by atoms with Crippen molar-refractivity contribution in [3.63, 3.8) is 0 Å². The van der Waals surface area contributed by atoms with Crippen LogP contribution < -0.4 is 16.2 Å². The highest BCUT2D eigenvalue weighted by atomic mass is 16.3. The third-order valence-corrected chi connectivity index (χ3v) is 5.17. The molecule has 0 fully saturated rings. The van der Waals surface area contributed by atoms with Crippen molar-refractivity contribution in [2.75, 3.05) is 6.54 Å². The van der Waals surface area contributed by atoms with Crippen molar-refractivity contribution < 1.29 is 29.6 Å². The number of terminal acetylenes is 1. The monoisotopic (exact) mass is 448 g/mol. The fourth-order valence-electron chi connectivity index (χ4n) is 3.59. The summed E-state index contributed by atoms with van der Waals surface area (Å²) in [5.41, 5.74) is -2.28. The number of nitrogens with zero attached hydrogens (tertiary/aromatic N) is 1. The third kappa shape index (κ3) is 3.28. The van der Waals surface area contributed by atoms with Crippen molar-refractivity contribution in [1.82, 2.24) is 9.88 Å². The summed E-state index contributed by atoms with van der Waals surface area (Å²) in [6.07, 6.45) is 7.46. The number of benzene rings is 2. The Morgan fingerprint density at radius 2 is 1.76 bits per heavy atom. The van der Waals surface area contributed by atoms with E-state index in [0.717, 1.165) is 18.4 Å². The van der Waals surface area contributed by atoms with E-state index in [9.17, 15) is 34.8 Å². The second-order valence-corrected chi connectivity index (χ2v) is 7.20. The number of amides is 1. The van der Waals surface area contributed by atoms with E-state index in [-0.39, 0.29) is 34.0 Å². The predicted molar refractivity (Wildman–Crippen MR) is 118 cm³/mol. The lowest BCUT2D eigenvalue weighted by Crippen LogP contribution is -2.25. The van der Waals surface area contributed by atoms with Crippen LogP contribution in [0.15, 0.2) is 44.7 Å². The molecule has 0 atom stereocenters. The number of aromatic hydroxyl groups is 4. The van der Waals surface area contributed by atoms with Crippen molar-refractivity contribution >= 4 is 27.8 Å². The average Bonchev–Trinajstić information content (AvgIpc) is 2.77. The number of nitrogens with one attached hydrogen (secondary N) is 1. The van der Waals surface area contributed by atoms with Crippen molar-refractivity contribution in [1.29, 1.82) is 0 Å². The molecular weight excluding hydrogens is 432 g/mol. The van der Waals surface area contributed by atoms with Crippen LogP contribution in [-0.2, 0) is 7.05 Å². The van der Waals surface area contributed by atoms with Gasteiger partial charge in [-0.2, -0.15) is 0 Å². The molecule has 4 aromatic rings. The number of phenolic OH excluding ortho intramolecular Hbond substituents is 4. The van der Waals surface area contributed by atoms with Crippen LogP contribution in [0.3, 0.4) is 0 Å². The van der Waals surface area contributed by atoms with Crippen molar-refractivity contribution in [2.45, 2.75) is 0 Å². The van der Waals surface area contributed by atoms with E-state index in [0.29, 0.717) is 5.52 Å². The second-order valence-electron chi connectivity index (χ2n) is 7.20. The van der Waals surface area contributed by atoms with Gasteiger partial charge in [-0.1, -0.05) is 5.92 Å². The van der Waals surface area contributed by atoms with Gasteiger partial charge in [0.2, 0.25) is 5.43 Å². The molecule has 0 saturated carbocycles. The summed E-state index contributed by atoms with van der Waals surface area (Å²) in [7, 11) is 1.56. The van der Waals surface area contributed by atoms with E-state index in [1.807, 2.05) is 0 Å². The summed E-state index contributed by atoms with van der Waals surface area (Å²) in [5.74, 6) is -1.23. The summed E-state index contributed by atoms with van der Waals surface area (Å²) in [4.78, 5) is 39.1. The number of aromatic nitrogens is 1. The molecule has 0 saturated heterocycles. The number of phenols is 4. The Morgan fingerprint density at radius 1 is 1.06 bits per heavy atom. The van der Waals surface area contributed by atoms with Crippen LogP contribution in [-0.4, -0.2) is 37.4 Å². The topological polar surface area (TPSA) is 162 Å². The lowest BCUT2D eigenvalue weighted by atomic mass is 10.0. The van der Waals surface area contributed by atoms with E-state index >= 15 is 0 Å². The molecule has 2 aromatic carbocycles. The highest BCUT2D eigenvalue weighted by molar-refractivity contribution is 6.10. The lowest BCUT2D eigenvalue weighted by Gasteiger charge is -2.12. The molecule has 0 spiro atoms. The third-order valence-electron chi connectivity index (χ3n) is 5.17. The van der Waals surface area contributed by atoms with Gasteiger partial charge in [0, 0.05) is 25.4 Å². The number of carbonyl (C=O) groups excluding carboxylic acids is 1. The van der Waals surface area contributed by atoms with Crippen LogP contribution in [0.4, 0.5) is 0 Å². The van der Waals surface area contributed by atoms with Crippen LogP contribution in [0, 0.1) is 12.3 Å². The zero-order valence-electron chi connectivity index (χ0n) is 17.0. The van der Waals surface area contributed by atoms with Crippen molar-refractivity contribution in [3.05, 3.63) is 56.7 Å². The predicted octanol–water partition coefficient (Wildman–Crippen LogP) is 1.50. The second kappa shape index (κ2) is 7.65. The number of carbonyl (C=O) groups is 1. The van der Waals surface area contributed by atoms with Gasteiger partial charge in [0.1, 0.15) is 11.8 Å². The van der Waals surface area contributed by atoms with E-state index in [2.05, 4.69) is 11.2 Å². The fourth-order valence-corrected chi connectivity index (χ4v) is 3.59. The number of hydrogen-bond donors (Lipinski definition) is 5. The molecule has 0 bridgehead atoms. The van der Waals surface area contributed by atoms with Gasteiger partial charge in [0.05, 0.1) is 39.5 Å². The van der Waals surface area contributed by atoms with Gasteiger partial charge in [-0.15, -0.1) is 6.42 Å². The maximum Gasteiger partial charge on any atom is 0.256 e. The first-order valence-electron chi connectivity index (χ1n) is 9.43. The van der Waals surface area contributed by atoms with E-state index in [1.165, 1.54) is 16.8 Å². The lowest BCUT2D eigenvalue weighted by molar-refractivity contribution is 0.0957. The van der Waals surface area contributed by atoms with E-state index in [4.69, 9.17) is 10.8 Å². The first kappa shape index (κ1) is 21.3. The highest BCUT2D eigenvalue weighted by Gasteiger charge is 2.25. The molecule has 1 amide bonds. The number of rotatable bonds is 3. The molecule has 2 heterocycles. The highest BCUT2D eigenvalue weighted by Crippen LogP contribution is 2.35. The van der Waals surface area contributed by atoms with Gasteiger partial charge in [0.25, 0.3) is 5.91 Å². The molecule has 166 valence electrons. The minimum Gasteiger partial charge on any atom is -0.504 e. The molecule has 2 aromatic heterocycles. The Morgan fingerprint density at radius 3 is 2.45 bits per heavy atom. The van der Waals surface area contributed by atoms with E-state index < -0.39 is 45.3 Å². The molecule has 33 heavy (non-hydrogen) atoms. The Balaban J connectivity index is 2.08. The van der Waals surface area contributed by atoms with Gasteiger partial charge in [-0.25, -0.2) is 0 Å². The average molecular weight is 448 g/mol. The molecule has 4 rings (SSSR count). The van der Waals surface area contributed by atoms with Gasteiger partial charge in [-0.3, -0.25) is 14.4 Å². The minimum absolute atomic E-state index is 0.0188. The van der Waals surface area contributed by atoms with Gasteiger partial charge >= 0.3 is 0 Å². The van der Waals surface area contributed by atoms with Crippen molar-refractivity contribution in [3.8, 4) is 46.5 Å². The zero-order chi connectivity index (χ0) is 24.0. The normalized spacial score (nSPS) is 10.9. The Hall–Kier alpha value is -4.91. The van der Waals surface area contributed by atoms with Crippen LogP contribution >= 0.6 is 0 Å². The summed E-state index contributed by atoms with van der Waals surface area (Å²) < 4.78 is 6.89. The molecule has 0 aliphatic carbocycles. The molecule has 10 nitrogen and oxygen atoms in total. The first-order valence-corrected chi connectivity index (χ1v) is 9.43. The zero-order valence-corrected chi connectivity index (χ0v) is 17.0. The molecular formula is C23H16N2O8. The van der Waals surface area contributed by atoms with Crippen LogP contribution in [0.5, 0.6) is 23.0 Å². The largest absolute Gasteiger partial charge is 0.504 e. The fraction of sp³-hybridized carbons (Fsp3) is 0.0870. The smallest absolute Gasteiger partial charge is 0.256 e. The minimum atomic E-state index is -0.928. The molecule has 0 radical (unpaired) electrons. The molecule has 0 unspecified atom stereocenters. The van der Waals surface area contributed by atoms with Crippen LogP contribution in [0.1, 0.15) is 10.4 Å². The van der Waals surface area contributed by atoms with E-state index in [1.54, 1.807) is 7.05 Å². The molecule has 0 aliphatic rings. The van der Waals surface area contributed by atoms with Crippen LogP contribution in [0.2, 0.25) is 0 Å². The molecule has 0 aliphatic heterocycles. The number of pyridine rings is 1. The maximum atomic E-state index is 13.4. The van der Waals surface area contributed by atoms with Gasteiger partial charge < -0.3 is 34.7 Å². The first-order chi connectivity index (χ1) is 15.6. The van der Waals surface area contributed by atoms with Gasteiger partial charge in [-0.05, 0) is 6.07 Å².